The molecule has 0 aromatic heterocycles. The molecule has 17 heavy (non-hydrogen) atoms. The maximum atomic E-state index is 12.8. The monoisotopic (exact) mass is 258 g/mol. The molecular formula is C12H9ClF2O2. The summed E-state index contributed by atoms with van der Waals surface area (Å²) in [5.74, 6) is -0.379. The van der Waals surface area contributed by atoms with Gasteiger partial charge in [0.05, 0.1) is 0 Å². The smallest absolute Gasteiger partial charge is 0.351 e. The maximum absolute atomic E-state index is 12.8. The Hall–Kier alpha value is -1.39. The van der Waals surface area contributed by atoms with Crippen LogP contribution in [0.15, 0.2) is 36.4 Å². The molecule has 0 heterocycles. The highest BCUT2D eigenvalue weighted by molar-refractivity contribution is 6.22. The number of phenolic OH excluding ortho intramolecular Hbond substituents is 1. The SMILES string of the molecule is Oc1c(C(O)C(F)(F)Cl)ccc2ccccc12. The fraction of sp³-hybridized carbons (Fsp3) is 0.167. The van der Waals surface area contributed by atoms with Gasteiger partial charge in [-0.1, -0.05) is 36.4 Å². The zero-order valence-electron chi connectivity index (χ0n) is 8.57. The van der Waals surface area contributed by atoms with E-state index in [9.17, 15) is 19.0 Å². The van der Waals surface area contributed by atoms with Crippen LogP contribution in [0.5, 0.6) is 5.75 Å². The van der Waals surface area contributed by atoms with Crippen LogP contribution in [-0.2, 0) is 0 Å². The van der Waals surface area contributed by atoms with Crippen LogP contribution >= 0.6 is 11.6 Å². The lowest BCUT2D eigenvalue weighted by Crippen LogP contribution is -2.18. The molecule has 0 fully saturated rings. The van der Waals surface area contributed by atoms with E-state index in [0.29, 0.717) is 10.8 Å². The van der Waals surface area contributed by atoms with Crippen molar-refractivity contribution in [2.24, 2.45) is 0 Å². The lowest BCUT2D eigenvalue weighted by Gasteiger charge is -2.18. The topological polar surface area (TPSA) is 40.5 Å². The number of rotatable bonds is 2. The fourth-order valence-corrected chi connectivity index (χ4v) is 1.79. The van der Waals surface area contributed by atoms with Crippen molar-refractivity contribution in [3.8, 4) is 5.75 Å². The van der Waals surface area contributed by atoms with Crippen LogP contribution in [0.3, 0.4) is 0 Å². The summed E-state index contributed by atoms with van der Waals surface area (Å²) >= 11 is 4.75. The van der Waals surface area contributed by atoms with Gasteiger partial charge in [0.2, 0.25) is 0 Å². The Kier molecular flexibility index (Phi) is 2.93. The van der Waals surface area contributed by atoms with Crippen LogP contribution in [0.2, 0.25) is 0 Å². The summed E-state index contributed by atoms with van der Waals surface area (Å²) in [5.41, 5.74) is -0.288. The first-order chi connectivity index (χ1) is 7.91. The number of aliphatic hydroxyl groups is 1. The number of benzene rings is 2. The first kappa shape index (κ1) is 12.1. The average Bonchev–Trinajstić information content (AvgIpc) is 2.28. The first-order valence-electron chi connectivity index (χ1n) is 4.86. The maximum Gasteiger partial charge on any atom is 0.351 e. The number of aliphatic hydroxyl groups excluding tert-OH is 1. The van der Waals surface area contributed by atoms with E-state index in [1.54, 1.807) is 24.3 Å². The van der Waals surface area contributed by atoms with Crippen LogP contribution in [-0.4, -0.2) is 15.6 Å². The van der Waals surface area contributed by atoms with Crippen LogP contribution < -0.4 is 0 Å². The predicted octanol–water partition coefficient (Wildman–Crippen LogP) is 3.41. The Labute approximate surface area is 101 Å². The fourth-order valence-electron chi connectivity index (χ4n) is 1.67. The molecule has 5 heteroatoms. The molecule has 0 saturated carbocycles. The number of aromatic hydroxyl groups is 1. The molecule has 2 rings (SSSR count). The van der Waals surface area contributed by atoms with Gasteiger partial charge in [-0.05, 0) is 17.0 Å². The van der Waals surface area contributed by atoms with Crippen molar-refractivity contribution in [1.29, 1.82) is 0 Å². The van der Waals surface area contributed by atoms with Gasteiger partial charge in [0, 0.05) is 10.9 Å². The molecule has 0 amide bonds. The van der Waals surface area contributed by atoms with Crippen molar-refractivity contribution >= 4 is 22.4 Å². The molecule has 2 nitrogen and oxygen atoms in total. The predicted molar refractivity (Wildman–Crippen MR) is 61.4 cm³/mol. The number of halogens is 3. The Morgan fingerprint density at radius 3 is 2.41 bits per heavy atom. The van der Waals surface area contributed by atoms with Gasteiger partial charge < -0.3 is 10.2 Å². The molecule has 0 spiro atoms. The van der Waals surface area contributed by atoms with Gasteiger partial charge in [-0.15, -0.1) is 0 Å². The van der Waals surface area contributed by atoms with Gasteiger partial charge >= 0.3 is 5.38 Å². The van der Waals surface area contributed by atoms with Crippen LogP contribution in [0.4, 0.5) is 8.78 Å². The largest absolute Gasteiger partial charge is 0.507 e. The summed E-state index contributed by atoms with van der Waals surface area (Å²) in [6, 6.07) is 9.50. The molecule has 0 aliphatic heterocycles. The summed E-state index contributed by atoms with van der Waals surface area (Å²) in [6.45, 7) is 0. The average molecular weight is 259 g/mol. The third kappa shape index (κ3) is 2.18. The van der Waals surface area contributed by atoms with Gasteiger partial charge in [-0.3, -0.25) is 0 Å². The van der Waals surface area contributed by atoms with E-state index in [0.717, 1.165) is 0 Å². The van der Waals surface area contributed by atoms with E-state index in [-0.39, 0.29) is 11.3 Å². The van der Waals surface area contributed by atoms with Crippen molar-refractivity contribution < 1.29 is 19.0 Å². The molecule has 1 atom stereocenters. The van der Waals surface area contributed by atoms with Crippen LogP contribution in [0.25, 0.3) is 10.8 Å². The zero-order valence-corrected chi connectivity index (χ0v) is 9.33. The quantitative estimate of drug-likeness (QED) is 0.811. The highest BCUT2D eigenvalue weighted by Crippen LogP contribution is 2.41. The third-order valence-electron chi connectivity index (χ3n) is 2.54. The number of hydrogen-bond donors (Lipinski definition) is 2. The number of fused-ring (bicyclic) bond motifs is 1. The minimum atomic E-state index is -3.82. The lowest BCUT2D eigenvalue weighted by molar-refractivity contribution is -0.0433. The summed E-state index contributed by atoms with van der Waals surface area (Å²) in [7, 11) is 0. The summed E-state index contributed by atoms with van der Waals surface area (Å²) in [4.78, 5) is 0. The van der Waals surface area contributed by atoms with E-state index >= 15 is 0 Å². The lowest BCUT2D eigenvalue weighted by atomic mass is 10.0. The normalized spacial score (nSPS) is 13.9. The molecule has 2 aromatic carbocycles. The second kappa shape index (κ2) is 4.13. The Balaban J connectivity index is 2.61. The summed E-state index contributed by atoms with van der Waals surface area (Å²) in [6.07, 6.45) is -2.24. The number of hydrogen-bond acceptors (Lipinski definition) is 2. The van der Waals surface area contributed by atoms with Crippen LogP contribution in [0, 0.1) is 0 Å². The van der Waals surface area contributed by atoms with E-state index in [1.807, 2.05) is 0 Å². The second-order valence-corrected chi connectivity index (χ2v) is 4.17. The van der Waals surface area contributed by atoms with Crippen molar-refractivity contribution in [2.45, 2.75) is 11.5 Å². The van der Waals surface area contributed by atoms with Gasteiger partial charge in [0.1, 0.15) is 5.75 Å². The van der Waals surface area contributed by atoms with Gasteiger partial charge in [0.15, 0.2) is 6.10 Å². The molecule has 0 radical (unpaired) electrons. The Bertz CT molecular complexity index is 552. The molecule has 2 aromatic rings. The van der Waals surface area contributed by atoms with Crippen molar-refractivity contribution in [3.63, 3.8) is 0 Å². The zero-order chi connectivity index (χ0) is 12.6. The molecular weight excluding hydrogens is 250 g/mol. The van der Waals surface area contributed by atoms with Crippen molar-refractivity contribution in [1.82, 2.24) is 0 Å². The minimum absolute atomic E-state index is 0.288. The number of alkyl halides is 3. The summed E-state index contributed by atoms with van der Waals surface area (Å²) < 4.78 is 25.6. The van der Waals surface area contributed by atoms with Gasteiger partial charge in [-0.2, -0.15) is 8.78 Å². The molecule has 2 N–H and O–H groups in total. The van der Waals surface area contributed by atoms with E-state index in [4.69, 9.17) is 11.6 Å². The Morgan fingerprint density at radius 2 is 1.76 bits per heavy atom. The van der Waals surface area contributed by atoms with Gasteiger partial charge in [-0.25, -0.2) is 0 Å². The molecule has 0 saturated heterocycles. The molecule has 0 aliphatic carbocycles. The Morgan fingerprint density at radius 1 is 1.12 bits per heavy atom. The highest BCUT2D eigenvalue weighted by Gasteiger charge is 2.38. The molecule has 0 bridgehead atoms. The third-order valence-corrected chi connectivity index (χ3v) is 2.74. The highest BCUT2D eigenvalue weighted by atomic mass is 35.5. The second-order valence-electron chi connectivity index (χ2n) is 3.67. The van der Waals surface area contributed by atoms with Crippen molar-refractivity contribution in [3.05, 3.63) is 42.0 Å². The summed E-state index contributed by atoms with van der Waals surface area (Å²) in [5, 5.41) is 16.5. The molecule has 1 unspecified atom stereocenters. The first-order valence-corrected chi connectivity index (χ1v) is 5.24. The van der Waals surface area contributed by atoms with E-state index < -0.39 is 11.5 Å². The van der Waals surface area contributed by atoms with Crippen LogP contribution in [0.1, 0.15) is 11.7 Å². The standard InChI is InChI=1S/C12H9ClF2O2/c13-12(14,15)11(17)9-6-5-7-3-1-2-4-8(7)10(9)16/h1-6,11,16-17H. The molecule has 0 aliphatic rings. The minimum Gasteiger partial charge on any atom is -0.507 e. The van der Waals surface area contributed by atoms with E-state index in [2.05, 4.69) is 0 Å². The number of phenols is 1. The van der Waals surface area contributed by atoms with E-state index in [1.165, 1.54) is 12.1 Å². The van der Waals surface area contributed by atoms with Crippen molar-refractivity contribution in [2.75, 3.05) is 0 Å². The van der Waals surface area contributed by atoms with Gasteiger partial charge in [0.25, 0.3) is 0 Å². The molecule has 90 valence electrons.